The molecule has 1 N–H and O–H groups in total. The summed E-state index contributed by atoms with van der Waals surface area (Å²) in [5, 5.41) is 4.42. The van der Waals surface area contributed by atoms with Gasteiger partial charge in [-0.25, -0.2) is 4.79 Å². The molecular weight excluding hydrogens is 366 g/mol. The molecule has 1 fully saturated rings. The van der Waals surface area contributed by atoms with Crippen LogP contribution in [0, 0.1) is 0 Å². The van der Waals surface area contributed by atoms with Crippen molar-refractivity contribution in [3.05, 3.63) is 46.7 Å². The van der Waals surface area contributed by atoms with Gasteiger partial charge in [0.05, 0.1) is 11.5 Å². The lowest BCUT2D eigenvalue weighted by atomic mass is 10.2. The van der Waals surface area contributed by atoms with Crippen LogP contribution in [-0.2, 0) is 14.3 Å². The molecular formula is C19H21N3O4S. The number of nitrogens with zero attached hydrogens (tertiary/aromatic N) is 2. The first-order chi connectivity index (χ1) is 13.1. The number of nitrogens with one attached hydrogen (secondary N) is 1. The summed E-state index contributed by atoms with van der Waals surface area (Å²) in [6, 6.07) is 11.0. The minimum atomic E-state index is -0.895. The van der Waals surface area contributed by atoms with Gasteiger partial charge >= 0.3 is 11.9 Å². The van der Waals surface area contributed by atoms with Gasteiger partial charge in [-0.05, 0) is 42.6 Å². The van der Waals surface area contributed by atoms with Gasteiger partial charge in [-0.2, -0.15) is 0 Å². The molecule has 0 aliphatic carbocycles. The van der Waals surface area contributed by atoms with Crippen molar-refractivity contribution in [2.75, 3.05) is 43.0 Å². The van der Waals surface area contributed by atoms with Gasteiger partial charge in [0.25, 0.3) is 5.91 Å². The second kappa shape index (κ2) is 8.68. The second-order valence-electron chi connectivity index (χ2n) is 5.98. The Morgan fingerprint density at radius 2 is 1.78 bits per heavy atom. The van der Waals surface area contributed by atoms with E-state index < -0.39 is 11.9 Å². The third-order valence-electron chi connectivity index (χ3n) is 4.25. The predicted molar refractivity (Wildman–Crippen MR) is 104 cm³/mol. The molecule has 3 rings (SSSR count). The SMILES string of the molecule is CCOC(=O)C(=O)Nc1ccc(N2CCN(C(=O)c3cccs3)CC2)cc1. The van der Waals surface area contributed by atoms with Crippen LogP contribution in [0.3, 0.4) is 0 Å². The van der Waals surface area contributed by atoms with E-state index in [1.165, 1.54) is 11.3 Å². The summed E-state index contributed by atoms with van der Waals surface area (Å²) < 4.78 is 4.66. The molecule has 1 aliphatic heterocycles. The quantitative estimate of drug-likeness (QED) is 0.643. The summed E-state index contributed by atoms with van der Waals surface area (Å²) in [5.74, 6) is -1.60. The first kappa shape index (κ1) is 18.9. The van der Waals surface area contributed by atoms with Crippen LogP contribution >= 0.6 is 11.3 Å². The molecule has 0 atom stereocenters. The van der Waals surface area contributed by atoms with Crippen molar-refractivity contribution in [1.82, 2.24) is 4.90 Å². The highest BCUT2D eigenvalue weighted by Crippen LogP contribution is 2.21. The van der Waals surface area contributed by atoms with Crippen molar-refractivity contribution in [1.29, 1.82) is 0 Å². The number of rotatable bonds is 4. The lowest BCUT2D eigenvalue weighted by Gasteiger charge is -2.36. The number of hydrogen-bond donors (Lipinski definition) is 1. The predicted octanol–water partition coefficient (Wildman–Crippen LogP) is 2.21. The highest BCUT2D eigenvalue weighted by Gasteiger charge is 2.23. The van der Waals surface area contributed by atoms with E-state index in [4.69, 9.17) is 0 Å². The van der Waals surface area contributed by atoms with Gasteiger partial charge in [-0.1, -0.05) is 6.07 Å². The fraction of sp³-hybridized carbons (Fsp3) is 0.316. The van der Waals surface area contributed by atoms with E-state index in [0.29, 0.717) is 18.8 Å². The molecule has 2 amide bonds. The van der Waals surface area contributed by atoms with Crippen molar-refractivity contribution in [2.45, 2.75) is 6.92 Å². The first-order valence-electron chi connectivity index (χ1n) is 8.74. The Hall–Kier alpha value is -2.87. The maximum Gasteiger partial charge on any atom is 0.397 e. The van der Waals surface area contributed by atoms with Gasteiger partial charge in [-0.3, -0.25) is 9.59 Å². The lowest BCUT2D eigenvalue weighted by Crippen LogP contribution is -2.48. The minimum absolute atomic E-state index is 0.0849. The Bertz CT molecular complexity index is 797. The largest absolute Gasteiger partial charge is 0.459 e. The van der Waals surface area contributed by atoms with Crippen LogP contribution in [0.4, 0.5) is 11.4 Å². The minimum Gasteiger partial charge on any atom is -0.459 e. The lowest BCUT2D eigenvalue weighted by molar-refractivity contribution is -0.152. The third-order valence-corrected chi connectivity index (χ3v) is 5.11. The molecule has 0 radical (unpaired) electrons. The number of ether oxygens (including phenoxy) is 1. The topological polar surface area (TPSA) is 79.0 Å². The first-order valence-corrected chi connectivity index (χ1v) is 9.62. The number of thiophene rings is 1. The Morgan fingerprint density at radius 1 is 1.07 bits per heavy atom. The van der Waals surface area contributed by atoms with Crippen LogP contribution in [0.5, 0.6) is 0 Å². The Balaban J connectivity index is 1.53. The molecule has 7 nitrogen and oxygen atoms in total. The molecule has 142 valence electrons. The monoisotopic (exact) mass is 387 g/mol. The number of anilines is 2. The number of piperazine rings is 1. The third kappa shape index (κ3) is 4.65. The van der Waals surface area contributed by atoms with Gasteiger partial charge in [0.15, 0.2) is 0 Å². The normalized spacial score (nSPS) is 14.0. The molecule has 0 unspecified atom stereocenters. The van der Waals surface area contributed by atoms with Crippen molar-refractivity contribution < 1.29 is 19.1 Å². The maximum absolute atomic E-state index is 12.4. The average molecular weight is 387 g/mol. The summed E-state index contributed by atoms with van der Waals surface area (Å²) >= 11 is 1.46. The van der Waals surface area contributed by atoms with E-state index in [0.717, 1.165) is 23.7 Å². The van der Waals surface area contributed by atoms with Gasteiger partial charge in [0.2, 0.25) is 0 Å². The molecule has 1 aromatic heterocycles. The van der Waals surface area contributed by atoms with Crippen LogP contribution in [0.15, 0.2) is 41.8 Å². The van der Waals surface area contributed by atoms with Crippen molar-refractivity contribution in [3.8, 4) is 0 Å². The van der Waals surface area contributed by atoms with Crippen LogP contribution in [0.1, 0.15) is 16.6 Å². The summed E-state index contributed by atoms with van der Waals surface area (Å²) in [6.45, 7) is 4.62. The summed E-state index contributed by atoms with van der Waals surface area (Å²) in [5.41, 5.74) is 1.54. The Labute approximate surface area is 161 Å². The number of carbonyl (C=O) groups is 3. The van der Waals surface area contributed by atoms with Crippen molar-refractivity contribution >= 4 is 40.5 Å². The number of carbonyl (C=O) groups excluding carboxylic acids is 3. The molecule has 0 saturated carbocycles. The average Bonchev–Trinajstić information content (AvgIpc) is 3.23. The van der Waals surface area contributed by atoms with E-state index >= 15 is 0 Å². The van der Waals surface area contributed by atoms with E-state index in [-0.39, 0.29) is 12.5 Å². The van der Waals surface area contributed by atoms with Crippen molar-refractivity contribution in [2.24, 2.45) is 0 Å². The van der Waals surface area contributed by atoms with E-state index in [1.807, 2.05) is 34.5 Å². The highest BCUT2D eigenvalue weighted by atomic mass is 32.1. The molecule has 27 heavy (non-hydrogen) atoms. The Kier molecular flexibility index (Phi) is 6.08. The van der Waals surface area contributed by atoms with Crippen LogP contribution in [0.2, 0.25) is 0 Å². The number of benzene rings is 1. The fourth-order valence-corrected chi connectivity index (χ4v) is 3.55. The summed E-state index contributed by atoms with van der Waals surface area (Å²) in [4.78, 5) is 40.2. The van der Waals surface area contributed by atoms with Crippen LogP contribution in [0.25, 0.3) is 0 Å². The zero-order valence-corrected chi connectivity index (χ0v) is 15.8. The standard InChI is InChI=1S/C19H21N3O4S/c1-2-26-19(25)17(23)20-14-5-7-15(8-6-14)21-9-11-22(12-10-21)18(24)16-4-3-13-27-16/h3-8,13H,2,9-12H2,1H3,(H,20,23). The molecule has 8 heteroatoms. The van der Waals surface area contributed by atoms with Crippen molar-refractivity contribution in [3.63, 3.8) is 0 Å². The molecule has 2 aromatic rings. The van der Waals surface area contributed by atoms with Gasteiger partial charge in [-0.15, -0.1) is 11.3 Å². The van der Waals surface area contributed by atoms with Gasteiger partial charge in [0.1, 0.15) is 0 Å². The molecule has 0 bridgehead atoms. The smallest absolute Gasteiger partial charge is 0.397 e. The summed E-state index contributed by atoms with van der Waals surface area (Å²) in [7, 11) is 0. The molecule has 1 aliphatic rings. The number of amides is 2. The molecule has 1 aromatic carbocycles. The van der Waals surface area contributed by atoms with E-state index in [2.05, 4.69) is 15.0 Å². The van der Waals surface area contributed by atoms with E-state index in [1.54, 1.807) is 19.1 Å². The second-order valence-corrected chi connectivity index (χ2v) is 6.93. The Morgan fingerprint density at radius 3 is 2.37 bits per heavy atom. The zero-order chi connectivity index (χ0) is 19.2. The highest BCUT2D eigenvalue weighted by molar-refractivity contribution is 7.12. The van der Waals surface area contributed by atoms with Crippen LogP contribution in [-0.4, -0.2) is 55.5 Å². The van der Waals surface area contributed by atoms with Crippen LogP contribution < -0.4 is 10.2 Å². The zero-order valence-electron chi connectivity index (χ0n) is 15.0. The number of hydrogen-bond acceptors (Lipinski definition) is 6. The van der Waals surface area contributed by atoms with E-state index in [9.17, 15) is 14.4 Å². The number of esters is 1. The van der Waals surface area contributed by atoms with Gasteiger partial charge < -0.3 is 19.9 Å². The fourth-order valence-electron chi connectivity index (χ4n) is 2.86. The molecule has 1 saturated heterocycles. The maximum atomic E-state index is 12.4. The molecule has 2 heterocycles. The molecule has 0 spiro atoms. The summed E-state index contributed by atoms with van der Waals surface area (Å²) in [6.07, 6.45) is 0. The van der Waals surface area contributed by atoms with Gasteiger partial charge in [0, 0.05) is 37.6 Å².